The molecule has 2 N–H and O–H groups in total. The highest BCUT2D eigenvalue weighted by Gasteiger charge is 2.26. The van der Waals surface area contributed by atoms with Crippen LogP contribution >= 0.6 is 0 Å². The number of hydrogen-bond acceptors (Lipinski definition) is 4. The molecule has 1 atom stereocenters. The third-order valence-electron chi connectivity index (χ3n) is 5.17. The third-order valence-corrected chi connectivity index (χ3v) is 5.17. The van der Waals surface area contributed by atoms with Crippen molar-refractivity contribution in [2.75, 3.05) is 13.6 Å². The van der Waals surface area contributed by atoms with Crippen LogP contribution in [0.1, 0.15) is 36.0 Å². The number of nitrogens with two attached hydrogens (primary N) is 1. The summed E-state index contributed by atoms with van der Waals surface area (Å²) >= 11 is 0. The quantitative estimate of drug-likeness (QED) is 0.779. The minimum Gasteiger partial charge on any atom is -0.329 e. The molecule has 3 aromatic rings. The average molecular weight is 335 g/mol. The number of nitrogens with zero attached hydrogens (tertiary/aromatic N) is 4. The van der Waals surface area contributed by atoms with Gasteiger partial charge in [0.25, 0.3) is 0 Å². The summed E-state index contributed by atoms with van der Waals surface area (Å²) in [5.41, 5.74) is 10.7. The van der Waals surface area contributed by atoms with E-state index in [1.165, 1.54) is 23.2 Å². The van der Waals surface area contributed by atoms with Crippen molar-refractivity contribution in [1.29, 1.82) is 0 Å². The number of rotatable bonds is 5. The normalized spacial score (nSPS) is 17.2. The monoisotopic (exact) mass is 335 g/mol. The van der Waals surface area contributed by atoms with Gasteiger partial charge < -0.3 is 10.3 Å². The van der Waals surface area contributed by atoms with Crippen LogP contribution in [0.4, 0.5) is 0 Å². The summed E-state index contributed by atoms with van der Waals surface area (Å²) in [4.78, 5) is 11.9. The minimum absolute atomic E-state index is 0.357. The van der Waals surface area contributed by atoms with Crippen LogP contribution in [0.5, 0.6) is 0 Å². The average Bonchev–Trinajstić information content (AvgIpc) is 2.99. The van der Waals surface area contributed by atoms with Crippen molar-refractivity contribution in [3.63, 3.8) is 0 Å². The second kappa shape index (κ2) is 6.94. The first kappa shape index (κ1) is 16.2. The van der Waals surface area contributed by atoms with Gasteiger partial charge in [-0.15, -0.1) is 0 Å². The van der Waals surface area contributed by atoms with Gasteiger partial charge in [0.2, 0.25) is 0 Å². The van der Waals surface area contributed by atoms with E-state index in [-0.39, 0.29) is 0 Å². The van der Waals surface area contributed by atoms with E-state index in [4.69, 9.17) is 10.7 Å². The fraction of sp³-hybridized carbons (Fsp3) is 0.400. The van der Waals surface area contributed by atoms with Gasteiger partial charge in [-0.2, -0.15) is 0 Å². The SMILES string of the molecule is CN(Cc1nc2ccccc2n1CCN)C1CCCc2cccnc21. The fourth-order valence-corrected chi connectivity index (χ4v) is 3.97. The molecule has 0 saturated heterocycles. The van der Waals surface area contributed by atoms with Crippen LogP contribution in [-0.2, 0) is 19.5 Å². The van der Waals surface area contributed by atoms with Gasteiger partial charge in [-0.1, -0.05) is 18.2 Å². The van der Waals surface area contributed by atoms with Crippen LogP contribution in [0.15, 0.2) is 42.6 Å². The molecule has 0 aliphatic heterocycles. The molecule has 2 heterocycles. The maximum Gasteiger partial charge on any atom is 0.124 e. The molecule has 0 bridgehead atoms. The summed E-state index contributed by atoms with van der Waals surface area (Å²) < 4.78 is 2.26. The third kappa shape index (κ3) is 3.05. The van der Waals surface area contributed by atoms with Gasteiger partial charge in [-0.05, 0) is 50.1 Å². The largest absolute Gasteiger partial charge is 0.329 e. The predicted molar refractivity (Wildman–Crippen MR) is 100 cm³/mol. The highest BCUT2D eigenvalue weighted by Crippen LogP contribution is 2.32. The Morgan fingerprint density at radius 2 is 2.12 bits per heavy atom. The van der Waals surface area contributed by atoms with E-state index in [9.17, 15) is 0 Å². The van der Waals surface area contributed by atoms with Crippen LogP contribution in [-0.4, -0.2) is 33.0 Å². The van der Waals surface area contributed by atoms with Crippen LogP contribution in [0.25, 0.3) is 11.0 Å². The van der Waals surface area contributed by atoms with Crippen molar-refractivity contribution >= 4 is 11.0 Å². The van der Waals surface area contributed by atoms with Crippen LogP contribution in [0.2, 0.25) is 0 Å². The predicted octanol–water partition coefficient (Wildman–Crippen LogP) is 2.90. The lowest BCUT2D eigenvalue weighted by Gasteiger charge is -2.32. The maximum atomic E-state index is 5.84. The second-order valence-corrected chi connectivity index (χ2v) is 6.83. The van der Waals surface area contributed by atoms with E-state index >= 15 is 0 Å². The lowest BCUT2D eigenvalue weighted by atomic mass is 9.91. The first-order chi connectivity index (χ1) is 12.3. The summed E-state index contributed by atoms with van der Waals surface area (Å²) in [6.07, 6.45) is 5.42. The van der Waals surface area contributed by atoms with Gasteiger partial charge in [0.15, 0.2) is 0 Å². The van der Waals surface area contributed by atoms with Crippen LogP contribution in [0, 0.1) is 0 Å². The molecule has 0 fully saturated rings. The van der Waals surface area contributed by atoms with E-state index < -0.39 is 0 Å². The van der Waals surface area contributed by atoms with Crippen molar-refractivity contribution in [2.45, 2.75) is 38.4 Å². The molecule has 4 rings (SSSR count). The van der Waals surface area contributed by atoms with E-state index in [0.29, 0.717) is 12.6 Å². The molecule has 25 heavy (non-hydrogen) atoms. The number of para-hydroxylation sites is 2. The smallest absolute Gasteiger partial charge is 0.124 e. The van der Waals surface area contributed by atoms with Gasteiger partial charge in [0, 0.05) is 19.3 Å². The molecule has 1 aliphatic carbocycles. The van der Waals surface area contributed by atoms with Crippen molar-refractivity contribution in [1.82, 2.24) is 19.4 Å². The molecule has 0 amide bonds. The standard InChI is InChI=1S/C20H25N5/c1-24(18-10-4-6-15-7-5-12-22-20(15)18)14-19-23-16-8-2-3-9-17(16)25(19)13-11-21/h2-3,5,7-9,12,18H,4,6,10-11,13-14,21H2,1H3. The molecule has 1 aromatic carbocycles. The molecule has 0 radical (unpaired) electrons. The number of aryl methyl sites for hydroxylation is 1. The summed E-state index contributed by atoms with van der Waals surface area (Å²) in [5.74, 6) is 1.08. The molecular formula is C20H25N5. The van der Waals surface area contributed by atoms with Crippen LogP contribution < -0.4 is 5.73 Å². The Morgan fingerprint density at radius 1 is 1.24 bits per heavy atom. The maximum absolute atomic E-state index is 5.84. The van der Waals surface area contributed by atoms with Crippen molar-refractivity contribution < 1.29 is 0 Å². The number of aromatic nitrogens is 3. The molecule has 0 spiro atoms. The topological polar surface area (TPSA) is 60.0 Å². The molecule has 1 unspecified atom stereocenters. The summed E-state index contributed by atoms with van der Waals surface area (Å²) in [6, 6.07) is 12.9. The molecule has 1 aliphatic rings. The fourth-order valence-electron chi connectivity index (χ4n) is 3.97. The summed E-state index contributed by atoms with van der Waals surface area (Å²) in [6.45, 7) is 2.21. The second-order valence-electron chi connectivity index (χ2n) is 6.83. The minimum atomic E-state index is 0.357. The van der Waals surface area contributed by atoms with Crippen molar-refractivity contribution in [3.05, 3.63) is 59.7 Å². The Hall–Kier alpha value is -2.24. The van der Waals surface area contributed by atoms with Crippen LogP contribution in [0.3, 0.4) is 0 Å². The zero-order valence-electron chi connectivity index (χ0n) is 14.7. The van der Waals surface area contributed by atoms with Gasteiger partial charge in [-0.25, -0.2) is 4.98 Å². The van der Waals surface area contributed by atoms with Crippen molar-refractivity contribution in [2.24, 2.45) is 5.73 Å². The number of hydrogen-bond donors (Lipinski definition) is 1. The first-order valence-electron chi connectivity index (χ1n) is 9.06. The molecule has 5 nitrogen and oxygen atoms in total. The Kier molecular flexibility index (Phi) is 4.51. The number of imidazole rings is 1. The van der Waals surface area contributed by atoms with Gasteiger partial charge >= 0.3 is 0 Å². The zero-order chi connectivity index (χ0) is 17.2. The Balaban J connectivity index is 1.64. The summed E-state index contributed by atoms with van der Waals surface area (Å²) in [5, 5.41) is 0. The van der Waals surface area contributed by atoms with Gasteiger partial charge in [0.1, 0.15) is 5.82 Å². The molecule has 0 saturated carbocycles. The number of pyridine rings is 1. The molecular weight excluding hydrogens is 310 g/mol. The number of benzene rings is 1. The lowest BCUT2D eigenvalue weighted by molar-refractivity contribution is 0.201. The Bertz CT molecular complexity index is 869. The lowest BCUT2D eigenvalue weighted by Crippen LogP contribution is -2.29. The Morgan fingerprint density at radius 3 is 3.00 bits per heavy atom. The molecule has 130 valence electrons. The van der Waals surface area contributed by atoms with E-state index in [1.54, 1.807) is 0 Å². The molecule has 2 aromatic heterocycles. The summed E-state index contributed by atoms with van der Waals surface area (Å²) in [7, 11) is 2.18. The highest BCUT2D eigenvalue weighted by molar-refractivity contribution is 5.75. The van der Waals surface area contributed by atoms with E-state index in [0.717, 1.165) is 37.3 Å². The highest BCUT2D eigenvalue weighted by atomic mass is 15.2. The van der Waals surface area contributed by atoms with E-state index in [1.807, 2.05) is 18.3 Å². The zero-order valence-corrected chi connectivity index (χ0v) is 14.7. The Labute approximate surface area is 148 Å². The number of fused-ring (bicyclic) bond motifs is 2. The van der Waals surface area contributed by atoms with E-state index in [2.05, 4.69) is 45.8 Å². The molecule has 5 heteroatoms. The first-order valence-corrected chi connectivity index (χ1v) is 9.06. The van der Waals surface area contributed by atoms with Crippen molar-refractivity contribution in [3.8, 4) is 0 Å². The van der Waals surface area contributed by atoms with Gasteiger partial charge in [0.05, 0.1) is 29.3 Å². The van der Waals surface area contributed by atoms with Gasteiger partial charge in [-0.3, -0.25) is 9.88 Å².